The number of halogens is 2. The Hall–Kier alpha value is -5.09. The summed E-state index contributed by atoms with van der Waals surface area (Å²) in [5.74, 6) is 0.0848. The van der Waals surface area contributed by atoms with E-state index >= 15 is 0 Å². The lowest BCUT2D eigenvalue weighted by atomic mass is 9.99. The number of aromatic nitrogens is 2. The third-order valence-corrected chi connectivity index (χ3v) is 6.94. The van der Waals surface area contributed by atoms with Crippen molar-refractivity contribution in [3.05, 3.63) is 129 Å². The summed E-state index contributed by atoms with van der Waals surface area (Å²) in [4.78, 5) is 28.5. The molecule has 1 atom stereocenters. The first-order valence-electron chi connectivity index (χ1n) is 12.8. The second-order valence-corrected chi connectivity index (χ2v) is 9.86. The number of carbonyl (C=O) groups is 1. The summed E-state index contributed by atoms with van der Waals surface area (Å²) in [6.45, 7) is 1.69. The zero-order valence-electron chi connectivity index (χ0n) is 22.5. The standard InChI is InChI=1S/C31H24ClFN4O5/c1-18-34-31(42-36-18)28(15-19-3-5-20(6-4-19)23-9-13-27(33)26(32)17-23)35-30(38)25-16-22(10-14-29(25)41-2)21-7-11-24(12-8-21)37(39)40/h3-14,16-17,28H,15H2,1-2H3,(H,35,38)/t28-/m1/s1. The molecule has 0 aliphatic carbocycles. The Bertz CT molecular complexity index is 1760. The van der Waals surface area contributed by atoms with Crippen molar-refractivity contribution in [2.75, 3.05) is 7.11 Å². The van der Waals surface area contributed by atoms with Crippen LogP contribution in [0.1, 0.15) is 33.7 Å². The number of amides is 1. The number of hydrogen-bond donors (Lipinski definition) is 1. The second-order valence-electron chi connectivity index (χ2n) is 9.45. The molecule has 5 rings (SSSR count). The van der Waals surface area contributed by atoms with Crippen molar-refractivity contribution in [1.82, 2.24) is 15.5 Å². The highest BCUT2D eigenvalue weighted by molar-refractivity contribution is 6.31. The molecule has 0 radical (unpaired) electrons. The SMILES string of the molecule is COc1ccc(-c2ccc([N+](=O)[O-])cc2)cc1C(=O)N[C@H](Cc1ccc(-c2ccc(F)c(Cl)c2)cc1)c1nc(C)no1. The van der Waals surface area contributed by atoms with Crippen LogP contribution >= 0.6 is 11.6 Å². The molecule has 1 heterocycles. The zero-order chi connectivity index (χ0) is 29.8. The van der Waals surface area contributed by atoms with E-state index in [0.29, 0.717) is 29.1 Å². The van der Waals surface area contributed by atoms with Crippen molar-refractivity contribution in [3.8, 4) is 28.0 Å². The monoisotopic (exact) mass is 586 g/mol. The van der Waals surface area contributed by atoms with Crippen LogP contribution in [-0.4, -0.2) is 28.1 Å². The van der Waals surface area contributed by atoms with Crippen LogP contribution in [0.5, 0.6) is 5.75 Å². The van der Waals surface area contributed by atoms with E-state index in [1.165, 1.54) is 25.3 Å². The molecule has 0 saturated heterocycles. The molecule has 0 aliphatic rings. The number of aryl methyl sites for hydroxylation is 1. The summed E-state index contributed by atoms with van der Waals surface area (Å²) >= 11 is 5.94. The Morgan fingerprint density at radius 2 is 1.62 bits per heavy atom. The second kappa shape index (κ2) is 12.2. The molecule has 0 unspecified atom stereocenters. The predicted molar refractivity (Wildman–Crippen MR) is 155 cm³/mol. The molecule has 0 saturated carbocycles. The van der Waals surface area contributed by atoms with Gasteiger partial charge < -0.3 is 14.6 Å². The molecule has 1 N–H and O–H groups in total. The Balaban J connectivity index is 1.41. The quantitative estimate of drug-likeness (QED) is 0.144. The molecule has 0 bridgehead atoms. The summed E-state index contributed by atoms with van der Waals surface area (Å²) in [5, 5.41) is 17.9. The van der Waals surface area contributed by atoms with Crippen molar-refractivity contribution in [3.63, 3.8) is 0 Å². The van der Waals surface area contributed by atoms with Crippen LogP contribution in [-0.2, 0) is 6.42 Å². The molecule has 1 aromatic heterocycles. The molecule has 4 aromatic carbocycles. The van der Waals surface area contributed by atoms with Crippen LogP contribution in [0, 0.1) is 22.9 Å². The molecule has 5 aromatic rings. The highest BCUT2D eigenvalue weighted by Crippen LogP contribution is 2.30. The number of hydrogen-bond acceptors (Lipinski definition) is 7. The smallest absolute Gasteiger partial charge is 0.269 e. The third kappa shape index (κ3) is 6.29. The Morgan fingerprint density at radius 1 is 1.00 bits per heavy atom. The first-order chi connectivity index (χ1) is 20.2. The number of nitro benzene ring substituents is 1. The predicted octanol–water partition coefficient (Wildman–Crippen LogP) is 7.14. The lowest BCUT2D eigenvalue weighted by molar-refractivity contribution is -0.384. The van der Waals surface area contributed by atoms with E-state index in [0.717, 1.165) is 16.7 Å². The number of rotatable bonds is 9. The minimum Gasteiger partial charge on any atom is -0.496 e. The molecular formula is C31H24ClFN4O5. The van der Waals surface area contributed by atoms with Gasteiger partial charge in [0.2, 0.25) is 5.89 Å². The molecular weight excluding hydrogens is 563 g/mol. The van der Waals surface area contributed by atoms with Crippen molar-refractivity contribution in [2.45, 2.75) is 19.4 Å². The van der Waals surface area contributed by atoms with Crippen LogP contribution < -0.4 is 10.1 Å². The van der Waals surface area contributed by atoms with Gasteiger partial charge in [-0.25, -0.2) is 4.39 Å². The Morgan fingerprint density at radius 3 is 2.21 bits per heavy atom. The maximum Gasteiger partial charge on any atom is 0.269 e. The number of non-ortho nitro benzene ring substituents is 1. The van der Waals surface area contributed by atoms with Crippen LogP contribution in [0.3, 0.4) is 0 Å². The number of nitrogens with one attached hydrogen (secondary N) is 1. The molecule has 0 aliphatic heterocycles. The van der Waals surface area contributed by atoms with Crippen molar-refractivity contribution in [1.29, 1.82) is 0 Å². The van der Waals surface area contributed by atoms with Gasteiger partial charge in [0.1, 0.15) is 17.6 Å². The summed E-state index contributed by atoms with van der Waals surface area (Å²) in [6.07, 6.45) is 0.336. The van der Waals surface area contributed by atoms with Gasteiger partial charge in [-0.15, -0.1) is 0 Å². The lowest BCUT2D eigenvalue weighted by Gasteiger charge is -2.17. The normalized spacial score (nSPS) is 11.6. The maximum absolute atomic E-state index is 13.6. The molecule has 0 fully saturated rings. The topological polar surface area (TPSA) is 120 Å². The number of nitrogens with zero attached hydrogens (tertiary/aromatic N) is 3. The van der Waals surface area contributed by atoms with Gasteiger partial charge in [-0.1, -0.05) is 53.2 Å². The summed E-state index contributed by atoms with van der Waals surface area (Å²) < 4.78 is 24.5. The molecule has 1 amide bonds. The molecule has 9 nitrogen and oxygen atoms in total. The van der Waals surface area contributed by atoms with E-state index in [4.69, 9.17) is 20.9 Å². The van der Waals surface area contributed by atoms with Gasteiger partial charge in [-0.2, -0.15) is 4.98 Å². The van der Waals surface area contributed by atoms with Crippen molar-refractivity contribution >= 4 is 23.2 Å². The average molecular weight is 587 g/mol. The summed E-state index contributed by atoms with van der Waals surface area (Å²) in [7, 11) is 1.46. The van der Waals surface area contributed by atoms with Crippen LogP contribution in [0.4, 0.5) is 10.1 Å². The van der Waals surface area contributed by atoms with Gasteiger partial charge >= 0.3 is 0 Å². The zero-order valence-corrected chi connectivity index (χ0v) is 23.3. The van der Waals surface area contributed by atoms with Gasteiger partial charge in [0.05, 0.1) is 22.6 Å². The van der Waals surface area contributed by atoms with Crippen LogP contribution in [0.2, 0.25) is 5.02 Å². The number of carbonyl (C=O) groups excluding carboxylic acids is 1. The molecule has 42 heavy (non-hydrogen) atoms. The Labute approximate surface area is 245 Å². The van der Waals surface area contributed by atoms with Gasteiger partial charge in [0.15, 0.2) is 5.82 Å². The van der Waals surface area contributed by atoms with Gasteiger partial charge in [0.25, 0.3) is 11.6 Å². The summed E-state index contributed by atoms with van der Waals surface area (Å²) in [6, 6.07) is 22.6. The van der Waals surface area contributed by atoms with Gasteiger partial charge in [-0.05, 0) is 71.1 Å². The molecule has 212 valence electrons. The van der Waals surface area contributed by atoms with Gasteiger partial charge in [-0.3, -0.25) is 14.9 Å². The largest absolute Gasteiger partial charge is 0.496 e. The lowest BCUT2D eigenvalue weighted by Crippen LogP contribution is -2.30. The van der Waals surface area contributed by atoms with Gasteiger partial charge in [0, 0.05) is 18.6 Å². The fourth-order valence-electron chi connectivity index (χ4n) is 4.48. The molecule has 11 heteroatoms. The third-order valence-electron chi connectivity index (χ3n) is 6.65. The van der Waals surface area contributed by atoms with Crippen molar-refractivity contribution in [2.24, 2.45) is 0 Å². The van der Waals surface area contributed by atoms with E-state index < -0.39 is 22.7 Å². The van der Waals surface area contributed by atoms with E-state index in [2.05, 4.69) is 15.5 Å². The number of ether oxygens (including phenoxy) is 1. The van der Waals surface area contributed by atoms with E-state index in [1.807, 2.05) is 24.3 Å². The highest BCUT2D eigenvalue weighted by Gasteiger charge is 2.24. The van der Waals surface area contributed by atoms with Crippen LogP contribution in [0.25, 0.3) is 22.3 Å². The first kappa shape index (κ1) is 28.4. The minimum absolute atomic E-state index is 0.0302. The number of methoxy groups -OCH3 is 1. The van der Waals surface area contributed by atoms with E-state index in [9.17, 15) is 19.3 Å². The van der Waals surface area contributed by atoms with Crippen molar-refractivity contribution < 1.29 is 23.4 Å². The molecule has 0 spiro atoms. The first-order valence-corrected chi connectivity index (χ1v) is 13.2. The van der Waals surface area contributed by atoms with E-state index in [-0.39, 0.29) is 22.2 Å². The summed E-state index contributed by atoms with van der Waals surface area (Å²) in [5.41, 5.74) is 4.10. The minimum atomic E-state index is -0.669. The van der Waals surface area contributed by atoms with E-state index in [1.54, 1.807) is 49.4 Å². The average Bonchev–Trinajstić information content (AvgIpc) is 3.44. The maximum atomic E-state index is 13.6. The fourth-order valence-corrected chi connectivity index (χ4v) is 4.66. The number of benzene rings is 4. The fraction of sp³-hybridized carbons (Fsp3) is 0.129. The Kier molecular flexibility index (Phi) is 8.26. The van der Waals surface area contributed by atoms with Crippen LogP contribution in [0.15, 0.2) is 89.5 Å². The highest BCUT2D eigenvalue weighted by atomic mass is 35.5. The number of nitro groups is 1.